The summed E-state index contributed by atoms with van der Waals surface area (Å²) < 4.78 is 6.97. The summed E-state index contributed by atoms with van der Waals surface area (Å²) in [5.74, 6) is -0.531. The van der Waals surface area contributed by atoms with Crippen molar-refractivity contribution in [2.24, 2.45) is 0 Å². The normalized spacial score (nSPS) is 10.8. The first kappa shape index (κ1) is 13.0. The van der Waals surface area contributed by atoms with Crippen molar-refractivity contribution in [1.29, 1.82) is 0 Å². The number of hydrogen-bond acceptors (Lipinski definition) is 5. The Hall–Kier alpha value is -2.96. The van der Waals surface area contributed by atoms with Gasteiger partial charge in [0.05, 0.1) is 18.5 Å². The maximum Gasteiger partial charge on any atom is 0.360 e. The Bertz CT molecular complexity index is 841. The van der Waals surface area contributed by atoms with E-state index in [1.807, 2.05) is 18.2 Å². The summed E-state index contributed by atoms with van der Waals surface area (Å²) in [6.07, 6.45) is 2.89. The van der Waals surface area contributed by atoms with E-state index in [9.17, 15) is 10.0 Å². The van der Waals surface area contributed by atoms with Crippen molar-refractivity contribution in [3.05, 3.63) is 53.3 Å². The van der Waals surface area contributed by atoms with Gasteiger partial charge in [-0.1, -0.05) is 11.3 Å². The summed E-state index contributed by atoms with van der Waals surface area (Å²) in [6, 6.07) is 7.20. The number of hydrogen-bond donors (Lipinski definition) is 0. The van der Waals surface area contributed by atoms with E-state index in [1.165, 1.54) is 19.5 Å². The Balaban J connectivity index is 2.22. The minimum Gasteiger partial charge on any atom is -0.619 e. The molecule has 0 fully saturated rings. The van der Waals surface area contributed by atoms with Crippen molar-refractivity contribution in [1.82, 2.24) is 15.0 Å². The molecule has 1 aromatic carbocycles. The van der Waals surface area contributed by atoms with Gasteiger partial charge in [0.15, 0.2) is 18.1 Å². The van der Waals surface area contributed by atoms with E-state index in [-0.39, 0.29) is 5.69 Å². The summed E-state index contributed by atoms with van der Waals surface area (Å²) in [7, 11) is 1.30. The molecule has 0 aliphatic heterocycles. The third-order valence-electron chi connectivity index (χ3n) is 3.27. The van der Waals surface area contributed by atoms with Crippen LogP contribution in [0.5, 0.6) is 0 Å². The molecule has 0 amide bonds. The van der Waals surface area contributed by atoms with Crippen LogP contribution in [-0.4, -0.2) is 28.1 Å². The Kier molecular flexibility index (Phi) is 3.02. The van der Waals surface area contributed by atoms with E-state index in [0.29, 0.717) is 5.69 Å². The maximum atomic E-state index is 11.6. The van der Waals surface area contributed by atoms with Crippen LogP contribution < -0.4 is 4.73 Å². The molecule has 0 saturated carbocycles. The lowest BCUT2D eigenvalue weighted by Crippen LogP contribution is -2.23. The molecule has 0 spiro atoms. The van der Waals surface area contributed by atoms with Gasteiger partial charge in [-0.15, -0.1) is 5.10 Å². The van der Waals surface area contributed by atoms with Crippen molar-refractivity contribution in [2.45, 2.75) is 6.92 Å². The zero-order chi connectivity index (χ0) is 15.0. The molecule has 7 heteroatoms. The molecule has 0 radical (unpaired) electrons. The van der Waals surface area contributed by atoms with Gasteiger partial charge >= 0.3 is 5.97 Å². The lowest BCUT2D eigenvalue weighted by molar-refractivity contribution is -0.603. The second kappa shape index (κ2) is 4.86. The van der Waals surface area contributed by atoms with Crippen molar-refractivity contribution in [2.75, 3.05) is 7.11 Å². The number of benzene rings is 1. The molecule has 3 rings (SSSR count). The second-order valence-corrected chi connectivity index (χ2v) is 4.51. The fraction of sp³-hybridized carbons (Fsp3) is 0.143. The van der Waals surface area contributed by atoms with Gasteiger partial charge in [-0.05, 0) is 19.1 Å². The summed E-state index contributed by atoms with van der Waals surface area (Å²) >= 11 is 0. The standard InChI is InChI=1S/C14H12N4O3/c1-9-13(14(19)21-2)15-16-18(9)12-5-3-4-10-8-17(20)7-6-11(10)12/h3-8H,1-2H3. The topological polar surface area (TPSA) is 84.0 Å². The molecule has 0 saturated heterocycles. The zero-order valence-corrected chi connectivity index (χ0v) is 11.5. The monoisotopic (exact) mass is 284 g/mol. The predicted octanol–water partition coefficient (Wildman–Crippen LogP) is 1.15. The summed E-state index contributed by atoms with van der Waals surface area (Å²) in [5, 5.41) is 20.8. The minimum absolute atomic E-state index is 0.171. The highest BCUT2D eigenvalue weighted by Gasteiger charge is 2.18. The van der Waals surface area contributed by atoms with Crippen LogP contribution in [0, 0.1) is 12.1 Å². The van der Waals surface area contributed by atoms with Gasteiger partial charge in [-0.2, -0.15) is 4.73 Å². The van der Waals surface area contributed by atoms with Crippen molar-refractivity contribution in [3.8, 4) is 5.69 Å². The first-order valence-corrected chi connectivity index (χ1v) is 6.24. The van der Waals surface area contributed by atoms with Gasteiger partial charge in [0.1, 0.15) is 0 Å². The fourth-order valence-corrected chi connectivity index (χ4v) is 2.22. The van der Waals surface area contributed by atoms with E-state index >= 15 is 0 Å². The van der Waals surface area contributed by atoms with Crippen molar-refractivity contribution in [3.63, 3.8) is 0 Å². The summed E-state index contributed by atoms with van der Waals surface area (Å²) in [4.78, 5) is 11.6. The molecule has 0 bridgehead atoms. The molecule has 106 valence electrons. The maximum absolute atomic E-state index is 11.6. The zero-order valence-electron chi connectivity index (χ0n) is 11.5. The number of carbonyl (C=O) groups is 1. The third-order valence-corrected chi connectivity index (χ3v) is 3.27. The van der Waals surface area contributed by atoms with Gasteiger partial charge in [0.25, 0.3) is 0 Å². The van der Waals surface area contributed by atoms with E-state index in [4.69, 9.17) is 0 Å². The first-order valence-electron chi connectivity index (χ1n) is 6.24. The molecule has 0 N–H and O–H groups in total. The van der Waals surface area contributed by atoms with Gasteiger partial charge in [0.2, 0.25) is 0 Å². The molecule has 7 nitrogen and oxygen atoms in total. The molecule has 21 heavy (non-hydrogen) atoms. The van der Waals surface area contributed by atoms with Crippen LogP contribution in [0.1, 0.15) is 16.2 Å². The number of carbonyl (C=O) groups excluding carboxylic acids is 1. The highest BCUT2D eigenvalue weighted by atomic mass is 16.5. The summed E-state index contributed by atoms with van der Waals surface area (Å²) in [6.45, 7) is 1.74. The minimum atomic E-state index is -0.531. The first-order chi connectivity index (χ1) is 10.1. The lowest BCUT2D eigenvalue weighted by Gasteiger charge is -2.07. The van der Waals surface area contributed by atoms with Crippen LogP contribution >= 0.6 is 0 Å². The predicted molar refractivity (Wildman–Crippen MR) is 73.9 cm³/mol. The number of esters is 1. The fourth-order valence-electron chi connectivity index (χ4n) is 2.22. The number of methoxy groups -OCH3 is 1. The Morgan fingerprint density at radius 2 is 2.19 bits per heavy atom. The van der Waals surface area contributed by atoms with Gasteiger partial charge in [-0.25, -0.2) is 9.48 Å². The number of fused-ring (bicyclic) bond motifs is 1. The van der Waals surface area contributed by atoms with Crippen LogP contribution in [0.4, 0.5) is 0 Å². The van der Waals surface area contributed by atoms with Crippen LogP contribution in [0.15, 0.2) is 36.7 Å². The summed E-state index contributed by atoms with van der Waals surface area (Å²) in [5.41, 5.74) is 1.49. The molecule has 3 aromatic rings. The molecular formula is C14H12N4O3. The SMILES string of the molecule is COC(=O)c1nnn(-c2cccc3c[n+]([O-])ccc23)c1C. The van der Waals surface area contributed by atoms with Gasteiger partial charge < -0.3 is 9.94 Å². The van der Waals surface area contributed by atoms with Crippen molar-refractivity contribution >= 4 is 16.7 Å². The van der Waals surface area contributed by atoms with Crippen LogP contribution in [0.2, 0.25) is 0 Å². The Labute approximate surface area is 120 Å². The third kappa shape index (κ3) is 2.08. The van der Waals surface area contributed by atoms with E-state index in [1.54, 1.807) is 17.7 Å². The van der Waals surface area contributed by atoms with Crippen LogP contribution in [0.3, 0.4) is 0 Å². The quantitative estimate of drug-likeness (QED) is 0.400. The highest BCUT2D eigenvalue weighted by molar-refractivity contribution is 5.90. The molecule has 2 heterocycles. The van der Waals surface area contributed by atoms with E-state index in [0.717, 1.165) is 21.2 Å². The van der Waals surface area contributed by atoms with E-state index in [2.05, 4.69) is 15.0 Å². The number of rotatable bonds is 2. The molecule has 0 aliphatic rings. The van der Waals surface area contributed by atoms with Crippen molar-refractivity contribution < 1.29 is 14.3 Å². The molecule has 2 aromatic heterocycles. The van der Waals surface area contributed by atoms with E-state index < -0.39 is 5.97 Å². The van der Waals surface area contributed by atoms with Crippen LogP contribution in [-0.2, 0) is 4.74 Å². The molecule has 0 atom stereocenters. The Morgan fingerprint density at radius 3 is 2.95 bits per heavy atom. The largest absolute Gasteiger partial charge is 0.619 e. The number of pyridine rings is 1. The average Bonchev–Trinajstić information content (AvgIpc) is 2.87. The second-order valence-electron chi connectivity index (χ2n) is 4.51. The number of ether oxygens (including phenoxy) is 1. The van der Waals surface area contributed by atoms with Gasteiger partial charge in [0, 0.05) is 16.8 Å². The highest BCUT2D eigenvalue weighted by Crippen LogP contribution is 2.22. The van der Waals surface area contributed by atoms with Crippen LogP contribution in [0.25, 0.3) is 16.5 Å². The lowest BCUT2D eigenvalue weighted by atomic mass is 10.1. The Morgan fingerprint density at radius 1 is 1.38 bits per heavy atom. The number of aromatic nitrogens is 4. The van der Waals surface area contributed by atoms with Gasteiger partial charge in [-0.3, -0.25) is 0 Å². The number of nitrogens with zero attached hydrogens (tertiary/aromatic N) is 4. The smallest absolute Gasteiger partial charge is 0.360 e. The molecular weight excluding hydrogens is 272 g/mol. The molecule has 0 unspecified atom stereocenters. The molecule has 0 aliphatic carbocycles. The average molecular weight is 284 g/mol.